The molecule has 0 fully saturated rings. The van der Waals surface area contributed by atoms with Gasteiger partial charge in [0, 0.05) is 19.3 Å². The third kappa shape index (κ3) is 8.73. The van der Waals surface area contributed by atoms with Gasteiger partial charge in [-0.05, 0) is 35.4 Å². The summed E-state index contributed by atoms with van der Waals surface area (Å²) in [5.41, 5.74) is 1.79. The quantitative estimate of drug-likeness (QED) is 0.202. The number of rotatable bonds is 12. The van der Waals surface area contributed by atoms with Crippen LogP contribution in [0.3, 0.4) is 0 Å². The molecular formula is C27H32O8. The molecule has 2 unspecified atom stereocenters. The van der Waals surface area contributed by atoms with Crippen LogP contribution in [0.25, 0.3) is 0 Å². The molecule has 35 heavy (non-hydrogen) atoms. The van der Waals surface area contributed by atoms with Crippen molar-refractivity contribution in [3.8, 4) is 11.5 Å². The van der Waals surface area contributed by atoms with Crippen LogP contribution in [0.1, 0.15) is 38.8 Å². The van der Waals surface area contributed by atoms with Crippen molar-refractivity contribution in [3.05, 3.63) is 85.0 Å². The molecule has 0 radical (unpaired) electrons. The Labute approximate surface area is 206 Å². The van der Waals surface area contributed by atoms with Crippen LogP contribution in [0.15, 0.2) is 73.8 Å². The van der Waals surface area contributed by atoms with Gasteiger partial charge in [-0.3, -0.25) is 0 Å². The Hall–Kier alpha value is -3.94. The Bertz CT molecular complexity index is 900. The molecule has 2 aromatic carbocycles. The molecule has 0 amide bonds. The van der Waals surface area contributed by atoms with E-state index >= 15 is 0 Å². The van der Waals surface area contributed by atoms with Crippen LogP contribution < -0.4 is 9.47 Å². The van der Waals surface area contributed by atoms with Crippen molar-refractivity contribution in [2.45, 2.75) is 45.7 Å². The van der Waals surface area contributed by atoms with E-state index in [1.54, 1.807) is 13.8 Å². The van der Waals surface area contributed by atoms with E-state index in [-0.39, 0.29) is 18.6 Å². The van der Waals surface area contributed by atoms with E-state index in [9.17, 15) is 9.59 Å². The van der Waals surface area contributed by atoms with E-state index in [1.165, 1.54) is 12.2 Å². The summed E-state index contributed by atoms with van der Waals surface area (Å²) < 4.78 is 30.8. The second-order valence-corrected chi connectivity index (χ2v) is 7.98. The first-order chi connectivity index (χ1) is 16.6. The third-order valence-electron chi connectivity index (χ3n) is 4.92. The van der Waals surface area contributed by atoms with Crippen LogP contribution in [-0.2, 0) is 24.4 Å². The Morgan fingerprint density at radius 3 is 1.40 bits per heavy atom. The summed E-state index contributed by atoms with van der Waals surface area (Å²) in [6, 6.07) is 15.1. The van der Waals surface area contributed by atoms with E-state index in [2.05, 4.69) is 27.0 Å². The molecule has 2 atom stereocenters. The standard InChI is InChI=1S/C27H32O8/c1-7-17-30-25(28)34-19(3)32-23-13-9-21(10-14-23)27(5,6)22-11-15-24(16-12-22)33-20(4)35-26(29)31-18-8-2/h7-16,19-20H,1-2,17-18H2,3-6H3. The van der Waals surface area contributed by atoms with Crippen LogP contribution >= 0.6 is 0 Å². The second-order valence-electron chi connectivity index (χ2n) is 7.98. The van der Waals surface area contributed by atoms with Crippen molar-refractivity contribution in [1.29, 1.82) is 0 Å². The lowest BCUT2D eigenvalue weighted by Crippen LogP contribution is -2.22. The predicted molar refractivity (Wildman–Crippen MR) is 130 cm³/mol. The summed E-state index contributed by atoms with van der Waals surface area (Å²) >= 11 is 0. The number of carbonyl (C=O) groups excluding carboxylic acids is 2. The first-order valence-electron chi connectivity index (χ1n) is 11.1. The maximum atomic E-state index is 11.5. The van der Waals surface area contributed by atoms with Crippen LogP contribution in [0, 0.1) is 0 Å². The topological polar surface area (TPSA) is 89.5 Å². The van der Waals surface area contributed by atoms with Gasteiger partial charge >= 0.3 is 12.3 Å². The molecule has 0 bridgehead atoms. The van der Waals surface area contributed by atoms with E-state index in [1.807, 2.05) is 48.5 Å². The van der Waals surface area contributed by atoms with Gasteiger partial charge in [0.25, 0.3) is 0 Å². The molecule has 0 saturated carbocycles. The third-order valence-corrected chi connectivity index (χ3v) is 4.92. The Kier molecular flexibility index (Phi) is 10.2. The molecule has 2 rings (SSSR count). The van der Waals surface area contributed by atoms with Crippen molar-refractivity contribution in [2.24, 2.45) is 0 Å². The summed E-state index contributed by atoms with van der Waals surface area (Å²) in [5, 5.41) is 0. The highest BCUT2D eigenvalue weighted by Crippen LogP contribution is 2.33. The zero-order valence-electron chi connectivity index (χ0n) is 20.5. The van der Waals surface area contributed by atoms with Gasteiger partial charge in [0.15, 0.2) is 0 Å². The van der Waals surface area contributed by atoms with Crippen LogP contribution in [0.5, 0.6) is 11.5 Å². The fourth-order valence-corrected chi connectivity index (χ4v) is 3.09. The molecule has 0 aliphatic heterocycles. The first kappa shape index (κ1) is 27.3. The highest BCUT2D eigenvalue weighted by molar-refractivity contribution is 5.60. The van der Waals surface area contributed by atoms with Gasteiger partial charge in [0.05, 0.1) is 0 Å². The average Bonchev–Trinajstić information content (AvgIpc) is 2.82. The second kappa shape index (κ2) is 13.1. The minimum atomic E-state index is -0.823. The average molecular weight is 485 g/mol. The van der Waals surface area contributed by atoms with Crippen LogP contribution in [-0.4, -0.2) is 38.1 Å². The lowest BCUT2D eigenvalue weighted by atomic mass is 9.78. The molecular weight excluding hydrogens is 452 g/mol. The number of carbonyl (C=O) groups is 2. The number of ether oxygens (including phenoxy) is 6. The Balaban J connectivity index is 1.96. The predicted octanol–water partition coefficient (Wildman–Crippen LogP) is 6.14. The summed E-state index contributed by atoms with van der Waals surface area (Å²) in [4.78, 5) is 23.0. The van der Waals surface area contributed by atoms with Crippen molar-refractivity contribution in [2.75, 3.05) is 13.2 Å². The molecule has 0 aliphatic carbocycles. The van der Waals surface area contributed by atoms with Crippen molar-refractivity contribution >= 4 is 12.3 Å². The van der Waals surface area contributed by atoms with Crippen LogP contribution in [0.2, 0.25) is 0 Å². The number of hydrogen-bond acceptors (Lipinski definition) is 8. The number of benzene rings is 2. The van der Waals surface area contributed by atoms with Gasteiger partial charge < -0.3 is 28.4 Å². The van der Waals surface area contributed by atoms with Gasteiger partial charge in [-0.25, -0.2) is 9.59 Å². The monoisotopic (exact) mass is 484 g/mol. The SMILES string of the molecule is C=CCOC(=O)OC(C)Oc1ccc(C(C)(C)c2ccc(OC(C)OC(=O)OCC=C)cc2)cc1. The minimum absolute atomic E-state index is 0.0694. The van der Waals surface area contributed by atoms with Gasteiger partial charge in [0.1, 0.15) is 24.7 Å². The normalized spacial score (nSPS) is 12.5. The molecule has 0 saturated heterocycles. The zero-order valence-corrected chi connectivity index (χ0v) is 20.5. The zero-order chi connectivity index (χ0) is 25.8. The molecule has 0 heterocycles. The maximum absolute atomic E-state index is 11.5. The molecule has 0 N–H and O–H groups in total. The van der Waals surface area contributed by atoms with Crippen molar-refractivity contribution in [3.63, 3.8) is 0 Å². The van der Waals surface area contributed by atoms with Gasteiger partial charge in [-0.15, -0.1) is 0 Å². The van der Waals surface area contributed by atoms with Gasteiger partial charge in [-0.2, -0.15) is 0 Å². The molecule has 8 heteroatoms. The van der Waals surface area contributed by atoms with Crippen LogP contribution in [0.4, 0.5) is 9.59 Å². The largest absolute Gasteiger partial charge is 0.511 e. The highest BCUT2D eigenvalue weighted by Gasteiger charge is 2.24. The molecule has 2 aromatic rings. The first-order valence-corrected chi connectivity index (χ1v) is 11.1. The lowest BCUT2D eigenvalue weighted by Gasteiger charge is -2.27. The van der Waals surface area contributed by atoms with E-state index in [4.69, 9.17) is 28.4 Å². The van der Waals surface area contributed by atoms with E-state index in [0.717, 1.165) is 11.1 Å². The Morgan fingerprint density at radius 1 is 0.743 bits per heavy atom. The minimum Gasteiger partial charge on any atom is -0.455 e. The van der Waals surface area contributed by atoms with Crippen molar-refractivity contribution < 1.29 is 38.0 Å². The van der Waals surface area contributed by atoms with E-state index in [0.29, 0.717) is 11.5 Å². The summed E-state index contributed by atoms with van der Waals surface area (Å²) in [6.45, 7) is 14.5. The fourth-order valence-electron chi connectivity index (χ4n) is 3.09. The van der Waals surface area contributed by atoms with Gasteiger partial charge in [0.2, 0.25) is 12.6 Å². The summed E-state index contributed by atoms with van der Waals surface area (Å²) in [6.07, 6.45) is -0.365. The fraction of sp³-hybridized carbons (Fsp3) is 0.333. The van der Waals surface area contributed by atoms with E-state index < -0.39 is 24.9 Å². The number of hydrogen-bond donors (Lipinski definition) is 0. The molecule has 0 aliphatic rings. The maximum Gasteiger partial charge on any atom is 0.511 e. The highest BCUT2D eigenvalue weighted by atomic mass is 16.8. The molecule has 0 aromatic heterocycles. The van der Waals surface area contributed by atoms with Crippen molar-refractivity contribution in [1.82, 2.24) is 0 Å². The summed E-state index contributed by atoms with van der Waals surface area (Å²) in [5.74, 6) is 1.11. The molecule has 8 nitrogen and oxygen atoms in total. The lowest BCUT2D eigenvalue weighted by molar-refractivity contribution is -0.0514. The van der Waals surface area contributed by atoms with Gasteiger partial charge in [-0.1, -0.05) is 63.4 Å². The molecule has 0 spiro atoms. The molecule has 188 valence electrons. The smallest absolute Gasteiger partial charge is 0.455 e. The summed E-state index contributed by atoms with van der Waals surface area (Å²) in [7, 11) is 0. The Morgan fingerprint density at radius 2 is 1.09 bits per heavy atom.